The third-order valence-electron chi connectivity index (χ3n) is 2.27. The highest BCUT2D eigenvalue weighted by Gasteiger charge is 2.10. The predicted octanol–water partition coefficient (Wildman–Crippen LogP) is -0.0882. The second-order valence-electron chi connectivity index (χ2n) is 3.71. The van der Waals surface area contributed by atoms with Gasteiger partial charge in [0.25, 0.3) is 0 Å². The molecular formula is C10H19N5O. The van der Waals surface area contributed by atoms with Crippen LogP contribution in [-0.2, 0) is 11.3 Å². The van der Waals surface area contributed by atoms with Gasteiger partial charge in [-0.2, -0.15) is 0 Å². The Hall–Kier alpha value is -1.43. The van der Waals surface area contributed by atoms with E-state index in [1.165, 1.54) is 0 Å². The fraction of sp³-hybridized carbons (Fsp3) is 0.700. The molecule has 0 aliphatic heterocycles. The zero-order chi connectivity index (χ0) is 11.8. The first kappa shape index (κ1) is 12.6. The van der Waals surface area contributed by atoms with Gasteiger partial charge in [-0.25, -0.2) is 0 Å². The van der Waals surface area contributed by atoms with Gasteiger partial charge in [-0.3, -0.25) is 9.48 Å². The van der Waals surface area contributed by atoms with Crippen LogP contribution in [0.2, 0.25) is 0 Å². The van der Waals surface area contributed by atoms with E-state index in [1.54, 1.807) is 17.1 Å². The van der Waals surface area contributed by atoms with Gasteiger partial charge in [0.05, 0.1) is 12.2 Å². The van der Waals surface area contributed by atoms with Gasteiger partial charge in [-0.15, -0.1) is 5.10 Å². The average molecular weight is 225 g/mol. The van der Waals surface area contributed by atoms with Gasteiger partial charge in [0.2, 0.25) is 5.91 Å². The number of amides is 1. The maximum atomic E-state index is 11.4. The molecule has 90 valence electrons. The van der Waals surface area contributed by atoms with Crippen molar-refractivity contribution in [1.82, 2.24) is 20.3 Å². The van der Waals surface area contributed by atoms with Gasteiger partial charge in [0.15, 0.2) is 0 Å². The molecule has 1 rings (SSSR count). The van der Waals surface area contributed by atoms with Crippen molar-refractivity contribution in [3.63, 3.8) is 0 Å². The molecule has 16 heavy (non-hydrogen) atoms. The van der Waals surface area contributed by atoms with Crippen molar-refractivity contribution < 1.29 is 4.79 Å². The Balaban J connectivity index is 2.08. The SMILES string of the molecule is CCC[C@@H](N)C(=O)NCCCn1ccnn1. The molecular weight excluding hydrogens is 206 g/mol. The molecule has 0 unspecified atom stereocenters. The topological polar surface area (TPSA) is 85.8 Å². The van der Waals surface area contributed by atoms with Crippen molar-refractivity contribution in [3.05, 3.63) is 12.4 Å². The van der Waals surface area contributed by atoms with Gasteiger partial charge in [0, 0.05) is 19.3 Å². The highest BCUT2D eigenvalue weighted by molar-refractivity contribution is 5.81. The zero-order valence-corrected chi connectivity index (χ0v) is 9.59. The first-order chi connectivity index (χ1) is 7.74. The third kappa shape index (κ3) is 4.39. The summed E-state index contributed by atoms with van der Waals surface area (Å²) in [5.74, 6) is -0.0690. The van der Waals surface area contributed by atoms with Crippen LogP contribution < -0.4 is 11.1 Å². The Morgan fingerprint density at radius 1 is 1.62 bits per heavy atom. The van der Waals surface area contributed by atoms with Gasteiger partial charge >= 0.3 is 0 Å². The molecule has 6 heteroatoms. The summed E-state index contributed by atoms with van der Waals surface area (Å²) >= 11 is 0. The van der Waals surface area contributed by atoms with Crippen molar-refractivity contribution in [2.45, 2.75) is 38.8 Å². The van der Waals surface area contributed by atoms with E-state index in [-0.39, 0.29) is 11.9 Å². The normalized spacial score (nSPS) is 12.4. The van der Waals surface area contributed by atoms with Crippen molar-refractivity contribution in [2.75, 3.05) is 6.54 Å². The summed E-state index contributed by atoms with van der Waals surface area (Å²) in [6, 6.07) is -0.378. The Morgan fingerprint density at radius 3 is 3.06 bits per heavy atom. The number of aryl methyl sites for hydroxylation is 1. The van der Waals surface area contributed by atoms with Crippen LogP contribution in [0.3, 0.4) is 0 Å². The Bertz CT molecular complexity index is 298. The molecule has 0 fully saturated rings. The monoisotopic (exact) mass is 225 g/mol. The second kappa shape index (κ2) is 6.95. The second-order valence-corrected chi connectivity index (χ2v) is 3.71. The molecule has 0 bridgehead atoms. The highest BCUT2D eigenvalue weighted by Crippen LogP contribution is 1.93. The van der Waals surface area contributed by atoms with Crippen LogP contribution >= 0.6 is 0 Å². The van der Waals surface area contributed by atoms with Gasteiger partial charge in [-0.05, 0) is 12.8 Å². The van der Waals surface area contributed by atoms with Crippen LogP contribution in [0, 0.1) is 0 Å². The van der Waals surface area contributed by atoms with Crippen LogP contribution in [0.4, 0.5) is 0 Å². The van der Waals surface area contributed by atoms with E-state index in [0.717, 1.165) is 25.8 Å². The maximum Gasteiger partial charge on any atom is 0.236 e. The van der Waals surface area contributed by atoms with Gasteiger partial charge in [0.1, 0.15) is 0 Å². The molecule has 0 saturated carbocycles. The molecule has 3 N–H and O–H groups in total. The summed E-state index contributed by atoms with van der Waals surface area (Å²) in [5.41, 5.74) is 5.66. The minimum absolute atomic E-state index is 0.0690. The summed E-state index contributed by atoms with van der Waals surface area (Å²) in [6.07, 6.45) is 5.91. The van der Waals surface area contributed by atoms with E-state index in [9.17, 15) is 4.79 Å². The maximum absolute atomic E-state index is 11.4. The Kier molecular flexibility index (Phi) is 5.49. The molecule has 1 atom stereocenters. The van der Waals surface area contributed by atoms with Crippen molar-refractivity contribution >= 4 is 5.91 Å². The number of rotatable bonds is 7. The number of hydrogen-bond acceptors (Lipinski definition) is 4. The lowest BCUT2D eigenvalue weighted by Gasteiger charge is -2.10. The zero-order valence-electron chi connectivity index (χ0n) is 9.59. The Morgan fingerprint density at radius 2 is 2.44 bits per heavy atom. The highest BCUT2D eigenvalue weighted by atomic mass is 16.2. The molecule has 1 amide bonds. The summed E-state index contributed by atoms with van der Waals surface area (Å²) in [6.45, 7) is 3.39. The number of nitrogens with two attached hydrogens (primary N) is 1. The number of carbonyl (C=O) groups is 1. The van der Waals surface area contributed by atoms with Crippen molar-refractivity contribution in [2.24, 2.45) is 5.73 Å². The number of aromatic nitrogens is 3. The largest absolute Gasteiger partial charge is 0.355 e. The molecule has 0 radical (unpaired) electrons. The van der Waals surface area contributed by atoms with Crippen LogP contribution in [-0.4, -0.2) is 33.5 Å². The predicted molar refractivity (Wildman–Crippen MR) is 60.5 cm³/mol. The van der Waals surface area contributed by atoms with E-state index < -0.39 is 0 Å². The molecule has 1 aromatic heterocycles. The third-order valence-corrected chi connectivity index (χ3v) is 2.27. The summed E-state index contributed by atoms with van der Waals surface area (Å²) in [4.78, 5) is 11.4. The summed E-state index contributed by atoms with van der Waals surface area (Å²) in [7, 11) is 0. The summed E-state index contributed by atoms with van der Waals surface area (Å²) in [5, 5.41) is 10.3. The molecule has 0 aliphatic rings. The quantitative estimate of drug-likeness (QED) is 0.635. The first-order valence-corrected chi connectivity index (χ1v) is 5.61. The number of nitrogens with zero attached hydrogens (tertiary/aromatic N) is 3. The molecule has 6 nitrogen and oxygen atoms in total. The van der Waals surface area contributed by atoms with Gasteiger partial charge in [-0.1, -0.05) is 18.6 Å². The number of hydrogen-bond donors (Lipinski definition) is 2. The van der Waals surface area contributed by atoms with Crippen LogP contribution in [0.5, 0.6) is 0 Å². The van der Waals surface area contributed by atoms with Crippen LogP contribution in [0.1, 0.15) is 26.2 Å². The Labute approximate surface area is 95.2 Å². The molecule has 1 heterocycles. The van der Waals surface area contributed by atoms with Gasteiger partial charge < -0.3 is 11.1 Å². The average Bonchev–Trinajstić information content (AvgIpc) is 2.77. The van der Waals surface area contributed by atoms with E-state index in [0.29, 0.717) is 6.54 Å². The molecule has 0 saturated heterocycles. The minimum atomic E-state index is -0.378. The van der Waals surface area contributed by atoms with Crippen molar-refractivity contribution in [3.8, 4) is 0 Å². The first-order valence-electron chi connectivity index (χ1n) is 5.61. The lowest BCUT2D eigenvalue weighted by Crippen LogP contribution is -2.40. The van der Waals surface area contributed by atoms with E-state index in [2.05, 4.69) is 15.6 Å². The van der Waals surface area contributed by atoms with E-state index >= 15 is 0 Å². The molecule has 0 aliphatic carbocycles. The molecule has 0 spiro atoms. The fourth-order valence-corrected chi connectivity index (χ4v) is 1.38. The lowest BCUT2D eigenvalue weighted by atomic mass is 10.2. The fourth-order valence-electron chi connectivity index (χ4n) is 1.38. The smallest absolute Gasteiger partial charge is 0.236 e. The standard InChI is InChI=1S/C10H19N5O/c1-2-4-9(11)10(16)12-5-3-7-15-8-6-13-14-15/h6,8-9H,2-5,7,11H2,1H3,(H,12,16)/t9-/m1/s1. The molecule has 0 aromatic carbocycles. The lowest BCUT2D eigenvalue weighted by molar-refractivity contribution is -0.122. The number of nitrogens with one attached hydrogen (secondary N) is 1. The summed E-state index contributed by atoms with van der Waals surface area (Å²) < 4.78 is 1.73. The van der Waals surface area contributed by atoms with Crippen LogP contribution in [0.25, 0.3) is 0 Å². The van der Waals surface area contributed by atoms with E-state index in [4.69, 9.17) is 5.73 Å². The van der Waals surface area contributed by atoms with Crippen LogP contribution in [0.15, 0.2) is 12.4 Å². The van der Waals surface area contributed by atoms with Crippen molar-refractivity contribution in [1.29, 1.82) is 0 Å². The number of carbonyl (C=O) groups excluding carboxylic acids is 1. The molecule has 1 aromatic rings. The minimum Gasteiger partial charge on any atom is -0.355 e. The van der Waals surface area contributed by atoms with E-state index in [1.807, 2.05) is 6.92 Å².